The maximum atomic E-state index is 12.6. The summed E-state index contributed by atoms with van der Waals surface area (Å²) in [6.07, 6.45) is 3.64. The molecule has 1 aliphatic carbocycles. The summed E-state index contributed by atoms with van der Waals surface area (Å²) >= 11 is 5.88. The Morgan fingerprint density at radius 2 is 1.61 bits per heavy atom. The Labute approximate surface area is 190 Å². The summed E-state index contributed by atoms with van der Waals surface area (Å²) in [5.41, 5.74) is 2.42. The minimum absolute atomic E-state index is 0.178. The third kappa shape index (κ3) is 6.22. The van der Waals surface area contributed by atoms with Gasteiger partial charge >= 0.3 is 6.09 Å². The van der Waals surface area contributed by atoms with Crippen LogP contribution in [0.4, 0.5) is 4.79 Å². The van der Waals surface area contributed by atoms with Crippen LogP contribution in [-0.4, -0.2) is 41.8 Å². The second kappa shape index (κ2) is 10.5. The molecule has 168 valence electrons. The molecule has 1 saturated carbocycles. The maximum Gasteiger partial charge on any atom is 0.415 e. The number of hydrogen-bond acceptors (Lipinski definition) is 3. The van der Waals surface area contributed by atoms with Crippen LogP contribution in [0.5, 0.6) is 5.75 Å². The molecule has 0 spiro atoms. The van der Waals surface area contributed by atoms with Gasteiger partial charge in [-0.1, -0.05) is 35.9 Å². The van der Waals surface area contributed by atoms with E-state index >= 15 is 0 Å². The minimum Gasteiger partial charge on any atom is -0.633 e. The Hall–Kier alpha value is -2.08. The van der Waals surface area contributed by atoms with Crippen molar-refractivity contribution in [3.63, 3.8) is 0 Å². The third-order valence-corrected chi connectivity index (χ3v) is 6.88. The van der Waals surface area contributed by atoms with Gasteiger partial charge in [0.1, 0.15) is 12.3 Å². The molecule has 0 aromatic heterocycles. The van der Waals surface area contributed by atoms with Crippen molar-refractivity contribution in [1.29, 1.82) is 0 Å². The third-order valence-electron chi connectivity index (χ3n) is 6.63. The number of amides is 1. The number of nitrogens with zero attached hydrogens (tertiary/aromatic N) is 2. The lowest BCUT2D eigenvalue weighted by molar-refractivity contribution is -0.890. The van der Waals surface area contributed by atoms with Gasteiger partial charge in [-0.2, -0.15) is 0 Å². The summed E-state index contributed by atoms with van der Waals surface area (Å²) < 4.78 is 5.29. The minimum atomic E-state index is -0.332. The fraction of sp³-hybridized carbons (Fsp3) is 0.480. The van der Waals surface area contributed by atoms with Crippen molar-refractivity contribution in [3.8, 4) is 5.75 Å². The van der Waals surface area contributed by atoms with E-state index in [4.69, 9.17) is 16.3 Å². The van der Waals surface area contributed by atoms with Crippen LogP contribution in [0.3, 0.4) is 0 Å². The van der Waals surface area contributed by atoms with Crippen molar-refractivity contribution in [2.45, 2.75) is 58.0 Å². The number of benzene rings is 2. The number of halogens is 1. The molecule has 0 aliphatic heterocycles. The summed E-state index contributed by atoms with van der Waals surface area (Å²) in [5, 5.41) is 13.2. The molecule has 0 saturated heterocycles. The first-order valence-corrected chi connectivity index (χ1v) is 11.6. The molecule has 0 bridgehead atoms. The van der Waals surface area contributed by atoms with Crippen molar-refractivity contribution >= 4 is 17.7 Å². The Balaban J connectivity index is 1.51. The molecule has 1 amide bonds. The van der Waals surface area contributed by atoms with Crippen molar-refractivity contribution in [1.82, 2.24) is 4.90 Å². The first kappa shape index (κ1) is 23.6. The quantitative estimate of drug-likeness (QED) is 0.369. The summed E-state index contributed by atoms with van der Waals surface area (Å²) in [7, 11) is 1.81. The lowest BCUT2D eigenvalue weighted by Gasteiger charge is -2.41. The van der Waals surface area contributed by atoms with Gasteiger partial charge in [-0.05, 0) is 75.3 Å². The van der Waals surface area contributed by atoms with E-state index in [0.29, 0.717) is 36.3 Å². The van der Waals surface area contributed by atoms with Crippen LogP contribution >= 0.6 is 11.6 Å². The van der Waals surface area contributed by atoms with E-state index in [0.717, 1.165) is 31.2 Å². The molecule has 6 heteroatoms. The Bertz CT molecular complexity index is 842. The van der Waals surface area contributed by atoms with Crippen molar-refractivity contribution in [3.05, 3.63) is 69.9 Å². The summed E-state index contributed by atoms with van der Waals surface area (Å²) in [6.45, 7) is 5.62. The van der Waals surface area contributed by atoms with E-state index in [1.165, 1.54) is 5.56 Å². The van der Waals surface area contributed by atoms with Crippen LogP contribution in [0.1, 0.15) is 56.6 Å². The first-order valence-electron chi connectivity index (χ1n) is 11.2. The SMILES string of the molecule is CC[N+]([O-])(CC)Cc1ccc(C2CCC(N(C)C(=O)Oc3ccc(Cl)cc3)CC2)cc1. The van der Waals surface area contributed by atoms with Crippen molar-refractivity contribution < 1.29 is 14.2 Å². The molecule has 2 aromatic rings. The predicted octanol–water partition coefficient (Wildman–Crippen LogP) is 6.35. The molecular weight excluding hydrogens is 412 g/mol. The van der Waals surface area contributed by atoms with Crippen molar-refractivity contribution in [2.24, 2.45) is 0 Å². The Kier molecular flexibility index (Phi) is 7.98. The number of rotatable bonds is 7. The summed E-state index contributed by atoms with van der Waals surface area (Å²) in [6, 6.07) is 15.6. The Morgan fingerprint density at radius 1 is 1.03 bits per heavy atom. The van der Waals surface area contributed by atoms with Gasteiger partial charge in [0.05, 0.1) is 13.1 Å². The van der Waals surface area contributed by atoms with Gasteiger partial charge in [0, 0.05) is 23.7 Å². The number of carbonyl (C=O) groups excluding carboxylic acids is 1. The van der Waals surface area contributed by atoms with Crippen LogP contribution in [0.15, 0.2) is 48.5 Å². The van der Waals surface area contributed by atoms with Crippen LogP contribution in [0.2, 0.25) is 5.02 Å². The zero-order valence-corrected chi connectivity index (χ0v) is 19.5. The lowest BCUT2D eigenvalue weighted by atomic mass is 9.81. The molecule has 5 nitrogen and oxygen atoms in total. The van der Waals surface area contributed by atoms with Crippen molar-refractivity contribution in [2.75, 3.05) is 20.1 Å². The standard InChI is InChI=1S/C25H33ClN2O3/c1-4-28(30,5-2)18-19-6-8-20(9-7-19)21-10-14-23(15-11-21)27(3)25(29)31-24-16-12-22(26)13-17-24/h6-9,12-13,16-17,21,23H,4-5,10-11,14-15,18H2,1-3H3. The number of hydroxylamine groups is 3. The van der Waals surface area contributed by atoms with Crippen LogP contribution in [0.25, 0.3) is 0 Å². The second-order valence-electron chi connectivity index (χ2n) is 8.53. The van der Waals surface area contributed by atoms with E-state index in [1.54, 1.807) is 29.2 Å². The lowest BCUT2D eigenvalue weighted by Crippen LogP contribution is -2.41. The average molecular weight is 445 g/mol. The fourth-order valence-corrected chi connectivity index (χ4v) is 4.42. The predicted molar refractivity (Wildman–Crippen MR) is 125 cm³/mol. The molecule has 0 unspecified atom stereocenters. The van der Waals surface area contributed by atoms with Gasteiger partial charge in [-0.25, -0.2) is 4.79 Å². The molecule has 3 rings (SSSR count). The fourth-order valence-electron chi connectivity index (χ4n) is 4.30. The zero-order chi connectivity index (χ0) is 22.4. The van der Waals surface area contributed by atoms with Gasteiger partial charge in [-0.3, -0.25) is 0 Å². The van der Waals surface area contributed by atoms with E-state index in [-0.39, 0.29) is 16.8 Å². The number of ether oxygens (including phenoxy) is 1. The van der Waals surface area contributed by atoms with E-state index in [9.17, 15) is 10.0 Å². The van der Waals surface area contributed by atoms with Gasteiger partial charge in [0.25, 0.3) is 0 Å². The molecule has 2 aromatic carbocycles. The molecule has 1 aliphatic rings. The van der Waals surface area contributed by atoms with Gasteiger partial charge in [-0.15, -0.1) is 0 Å². The Morgan fingerprint density at radius 3 is 2.16 bits per heavy atom. The highest BCUT2D eigenvalue weighted by Crippen LogP contribution is 2.35. The number of hydrogen-bond donors (Lipinski definition) is 0. The molecule has 0 radical (unpaired) electrons. The molecule has 1 fully saturated rings. The number of quaternary nitrogens is 1. The zero-order valence-electron chi connectivity index (χ0n) is 18.7. The smallest absolute Gasteiger partial charge is 0.415 e. The highest BCUT2D eigenvalue weighted by atomic mass is 35.5. The van der Waals surface area contributed by atoms with E-state index in [1.807, 2.05) is 20.9 Å². The van der Waals surface area contributed by atoms with E-state index in [2.05, 4.69) is 24.3 Å². The number of carbonyl (C=O) groups is 1. The van der Waals surface area contributed by atoms with Crippen LogP contribution < -0.4 is 4.74 Å². The normalized spacial score (nSPS) is 19.1. The van der Waals surface area contributed by atoms with Gasteiger partial charge in [0.15, 0.2) is 0 Å². The monoisotopic (exact) mass is 444 g/mol. The summed E-state index contributed by atoms with van der Waals surface area (Å²) in [5.74, 6) is 0.997. The van der Waals surface area contributed by atoms with Gasteiger partial charge in [0.2, 0.25) is 0 Å². The molecule has 31 heavy (non-hydrogen) atoms. The molecular formula is C25H33ClN2O3. The largest absolute Gasteiger partial charge is 0.633 e. The molecule has 0 heterocycles. The average Bonchev–Trinajstić information content (AvgIpc) is 2.80. The van der Waals surface area contributed by atoms with Crippen LogP contribution in [-0.2, 0) is 6.54 Å². The van der Waals surface area contributed by atoms with E-state index < -0.39 is 0 Å². The molecule has 0 N–H and O–H groups in total. The highest BCUT2D eigenvalue weighted by molar-refractivity contribution is 6.30. The maximum absolute atomic E-state index is 12.6. The first-order chi connectivity index (χ1) is 14.8. The summed E-state index contributed by atoms with van der Waals surface area (Å²) in [4.78, 5) is 14.2. The highest BCUT2D eigenvalue weighted by Gasteiger charge is 2.28. The topological polar surface area (TPSA) is 52.6 Å². The van der Waals surface area contributed by atoms with Crippen LogP contribution in [0, 0.1) is 5.21 Å². The molecule has 0 atom stereocenters. The second-order valence-corrected chi connectivity index (χ2v) is 8.96. The van der Waals surface area contributed by atoms with Gasteiger partial charge < -0.3 is 19.5 Å².